The first-order chi connectivity index (χ1) is 15.0. The van der Waals surface area contributed by atoms with Crippen molar-refractivity contribution in [2.45, 2.75) is 25.8 Å². The van der Waals surface area contributed by atoms with Gasteiger partial charge in [0, 0.05) is 19.1 Å². The van der Waals surface area contributed by atoms with Crippen LogP contribution in [0.25, 0.3) is 16.7 Å². The molecule has 0 radical (unpaired) electrons. The molecule has 1 aliphatic heterocycles. The molecule has 1 aliphatic rings. The van der Waals surface area contributed by atoms with Crippen LogP contribution in [-0.2, 0) is 0 Å². The smallest absolute Gasteiger partial charge is 0.326 e. The predicted octanol–water partition coefficient (Wildman–Crippen LogP) is 2.84. The van der Waals surface area contributed by atoms with Gasteiger partial charge in [0.05, 0.1) is 16.7 Å². The molecule has 1 fully saturated rings. The number of halogens is 1. The molecule has 5 rings (SSSR count). The number of carbonyl (C=O) groups excluding carboxylic acids is 1. The molecule has 1 amide bonds. The summed E-state index contributed by atoms with van der Waals surface area (Å²) in [5.41, 5.74) is 2.22. The average molecular weight is 420 g/mol. The number of piperidine rings is 1. The molecular weight excluding hydrogens is 399 g/mol. The molecule has 0 atom stereocenters. The third-order valence-corrected chi connectivity index (χ3v) is 5.77. The minimum atomic E-state index is -0.338. The van der Waals surface area contributed by atoms with Gasteiger partial charge in [-0.1, -0.05) is 12.1 Å². The van der Waals surface area contributed by atoms with Gasteiger partial charge in [0.2, 0.25) is 5.82 Å². The molecule has 2 aromatic heterocycles. The largest absolute Gasteiger partial charge is 0.336 e. The van der Waals surface area contributed by atoms with Gasteiger partial charge < -0.3 is 9.88 Å². The SMILES string of the molecule is Cc1nc(C(=O)N2CCC(n3c(=O)[nH]c4ccccc43)CC2)nn1-c1ccc(F)cc1. The molecule has 2 aromatic carbocycles. The molecule has 31 heavy (non-hydrogen) atoms. The van der Waals surface area contributed by atoms with Crippen molar-refractivity contribution in [2.24, 2.45) is 0 Å². The van der Waals surface area contributed by atoms with Gasteiger partial charge in [-0.25, -0.2) is 18.9 Å². The Labute approximate surface area is 176 Å². The standard InChI is InChI=1S/C22H21FN6O2/c1-14-24-20(26-29(14)17-8-6-15(23)7-9-17)21(30)27-12-10-16(11-13-27)28-19-5-3-2-4-18(19)25-22(28)31/h2-9,16H,10-13H2,1H3,(H,25,31). The highest BCUT2D eigenvalue weighted by atomic mass is 19.1. The van der Waals surface area contributed by atoms with Gasteiger partial charge in [-0.3, -0.25) is 9.36 Å². The van der Waals surface area contributed by atoms with Crippen molar-refractivity contribution >= 4 is 16.9 Å². The van der Waals surface area contributed by atoms with E-state index in [1.54, 1.807) is 28.5 Å². The summed E-state index contributed by atoms with van der Waals surface area (Å²) in [6.07, 6.45) is 1.34. The molecule has 1 N–H and O–H groups in total. The van der Waals surface area contributed by atoms with Crippen LogP contribution in [0.3, 0.4) is 0 Å². The Morgan fingerprint density at radius 1 is 1.10 bits per heavy atom. The summed E-state index contributed by atoms with van der Waals surface area (Å²) in [7, 11) is 0. The zero-order valence-electron chi connectivity index (χ0n) is 17.0. The van der Waals surface area contributed by atoms with Crippen molar-refractivity contribution in [3.05, 3.63) is 76.5 Å². The number of nitrogens with one attached hydrogen (secondary N) is 1. The van der Waals surface area contributed by atoms with E-state index in [1.165, 1.54) is 16.8 Å². The number of hydrogen-bond donors (Lipinski definition) is 1. The number of benzene rings is 2. The molecule has 9 heteroatoms. The van der Waals surface area contributed by atoms with Crippen LogP contribution < -0.4 is 5.69 Å². The van der Waals surface area contributed by atoms with Crippen LogP contribution in [0.4, 0.5) is 4.39 Å². The number of likely N-dealkylation sites (tertiary alicyclic amines) is 1. The lowest BCUT2D eigenvalue weighted by Crippen LogP contribution is -2.41. The van der Waals surface area contributed by atoms with Crippen molar-refractivity contribution in [2.75, 3.05) is 13.1 Å². The molecular formula is C22H21FN6O2. The van der Waals surface area contributed by atoms with Crippen LogP contribution >= 0.6 is 0 Å². The van der Waals surface area contributed by atoms with Gasteiger partial charge in [0.1, 0.15) is 11.6 Å². The Balaban J connectivity index is 1.32. The second kappa shape index (κ2) is 7.50. The van der Waals surface area contributed by atoms with Gasteiger partial charge in [0.25, 0.3) is 5.91 Å². The number of carbonyl (C=O) groups is 1. The van der Waals surface area contributed by atoms with Gasteiger partial charge in [-0.15, -0.1) is 5.10 Å². The molecule has 8 nitrogen and oxygen atoms in total. The number of aromatic nitrogens is 5. The first kappa shape index (κ1) is 19.2. The van der Waals surface area contributed by atoms with Crippen LogP contribution in [0.1, 0.15) is 35.3 Å². The highest BCUT2D eigenvalue weighted by Crippen LogP contribution is 2.25. The van der Waals surface area contributed by atoms with Gasteiger partial charge >= 0.3 is 5.69 Å². The summed E-state index contributed by atoms with van der Waals surface area (Å²) in [5.74, 6) is 0.0865. The number of hydrogen-bond acceptors (Lipinski definition) is 4. The second-order valence-electron chi connectivity index (χ2n) is 7.71. The van der Waals surface area contributed by atoms with E-state index in [0.717, 1.165) is 11.0 Å². The fourth-order valence-corrected chi connectivity index (χ4v) is 4.21. The summed E-state index contributed by atoms with van der Waals surface area (Å²) in [6, 6.07) is 13.5. The second-order valence-corrected chi connectivity index (χ2v) is 7.71. The number of rotatable bonds is 3. The topological polar surface area (TPSA) is 88.8 Å². The fraction of sp³-hybridized carbons (Fsp3) is 0.273. The van der Waals surface area contributed by atoms with Crippen molar-refractivity contribution < 1.29 is 9.18 Å². The normalized spacial score (nSPS) is 15.0. The highest BCUT2D eigenvalue weighted by Gasteiger charge is 2.28. The lowest BCUT2D eigenvalue weighted by Gasteiger charge is -2.31. The van der Waals surface area contributed by atoms with Crippen LogP contribution in [-0.4, -0.2) is 48.2 Å². The van der Waals surface area contributed by atoms with E-state index in [9.17, 15) is 14.0 Å². The maximum atomic E-state index is 13.2. The van der Waals surface area contributed by atoms with Crippen molar-refractivity contribution in [3.63, 3.8) is 0 Å². The Morgan fingerprint density at radius 2 is 1.81 bits per heavy atom. The van der Waals surface area contributed by atoms with E-state index in [4.69, 9.17) is 0 Å². The third-order valence-electron chi connectivity index (χ3n) is 5.77. The van der Waals surface area contributed by atoms with Crippen molar-refractivity contribution in [1.82, 2.24) is 29.2 Å². The molecule has 1 saturated heterocycles. The summed E-state index contributed by atoms with van der Waals surface area (Å²) >= 11 is 0. The summed E-state index contributed by atoms with van der Waals surface area (Å²) in [6.45, 7) is 2.78. The summed E-state index contributed by atoms with van der Waals surface area (Å²) in [4.78, 5) is 34.4. The molecule has 158 valence electrons. The predicted molar refractivity (Wildman–Crippen MR) is 113 cm³/mol. The van der Waals surface area contributed by atoms with E-state index in [1.807, 2.05) is 24.3 Å². The number of fused-ring (bicyclic) bond motifs is 1. The van der Waals surface area contributed by atoms with Crippen molar-refractivity contribution in [3.8, 4) is 5.69 Å². The number of aryl methyl sites for hydroxylation is 1. The van der Waals surface area contributed by atoms with Gasteiger partial charge in [-0.2, -0.15) is 0 Å². The Hall–Kier alpha value is -3.75. The minimum Gasteiger partial charge on any atom is -0.336 e. The quantitative estimate of drug-likeness (QED) is 0.552. The lowest BCUT2D eigenvalue weighted by atomic mass is 10.0. The Morgan fingerprint density at radius 3 is 2.55 bits per heavy atom. The van der Waals surface area contributed by atoms with E-state index in [-0.39, 0.29) is 29.3 Å². The monoisotopic (exact) mass is 420 g/mol. The van der Waals surface area contributed by atoms with Crippen LogP contribution in [0, 0.1) is 12.7 Å². The maximum Gasteiger partial charge on any atom is 0.326 e. The van der Waals surface area contributed by atoms with E-state index >= 15 is 0 Å². The maximum absolute atomic E-state index is 13.2. The van der Waals surface area contributed by atoms with Crippen LogP contribution in [0.15, 0.2) is 53.3 Å². The number of amides is 1. The first-order valence-corrected chi connectivity index (χ1v) is 10.2. The molecule has 0 unspecified atom stereocenters. The van der Waals surface area contributed by atoms with E-state index in [0.29, 0.717) is 37.4 Å². The zero-order chi connectivity index (χ0) is 21.5. The molecule has 0 saturated carbocycles. The molecule has 4 aromatic rings. The van der Waals surface area contributed by atoms with Crippen molar-refractivity contribution in [1.29, 1.82) is 0 Å². The summed E-state index contributed by atoms with van der Waals surface area (Å²) < 4.78 is 16.5. The van der Waals surface area contributed by atoms with Crippen LogP contribution in [0.2, 0.25) is 0 Å². The molecule has 0 aliphatic carbocycles. The number of aromatic amines is 1. The van der Waals surface area contributed by atoms with E-state index < -0.39 is 0 Å². The highest BCUT2D eigenvalue weighted by molar-refractivity contribution is 5.90. The lowest BCUT2D eigenvalue weighted by molar-refractivity contribution is 0.0682. The Kier molecular flexibility index (Phi) is 4.65. The molecule has 3 heterocycles. The first-order valence-electron chi connectivity index (χ1n) is 10.2. The van der Waals surface area contributed by atoms with Crippen LogP contribution in [0.5, 0.6) is 0 Å². The summed E-state index contributed by atoms with van der Waals surface area (Å²) in [5, 5.41) is 4.34. The average Bonchev–Trinajstić information content (AvgIpc) is 3.33. The minimum absolute atomic E-state index is 0.0270. The molecule has 0 spiro atoms. The number of nitrogens with zero attached hydrogens (tertiary/aromatic N) is 5. The fourth-order valence-electron chi connectivity index (χ4n) is 4.21. The number of imidazole rings is 1. The zero-order valence-corrected chi connectivity index (χ0v) is 17.0. The number of H-pyrrole nitrogens is 1. The molecule has 0 bridgehead atoms. The van der Waals surface area contributed by atoms with E-state index in [2.05, 4.69) is 15.1 Å². The van der Waals surface area contributed by atoms with Gasteiger partial charge in [0.15, 0.2) is 0 Å². The van der Waals surface area contributed by atoms with Gasteiger partial charge in [-0.05, 0) is 56.2 Å². The third kappa shape index (κ3) is 3.41. The Bertz CT molecular complexity index is 1310. The number of para-hydroxylation sites is 2.